The molecular weight excluding hydrogens is 461 g/mol. The monoisotopic (exact) mass is 496 g/mol. The van der Waals surface area contributed by atoms with E-state index in [0.717, 1.165) is 43.9 Å². The number of alkyl halides is 3. The molecule has 10 heteroatoms. The smallest absolute Gasteiger partial charge is 0.460 e. The number of hydrogen-bond donors (Lipinski definition) is 0. The zero-order valence-electron chi connectivity index (χ0n) is 21.2. The Morgan fingerprint density at radius 1 is 1.11 bits per heavy atom. The highest BCUT2D eigenvalue weighted by Crippen LogP contribution is 2.31. The summed E-state index contributed by atoms with van der Waals surface area (Å²) in [6.07, 6.45) is -0.770. The highest BCUT2D eigenvalue weighted by Gasteiger charge is 2.32. The van der Waals surface area contributed by atoms with Gasteiger partial charge in [-0.15, -0.1) is 18.3 Å². The molecule has 35 heavy (non-hydrogen) atoms. The molecule has 1 saturated heterocycles. The topological polar surface area (TPSA) is 69.5 Å². The van der Waals surface area contributed by atoms with Crippen LogP contribution in [-0.2, 0) is 9.53 Å². The number of esters is 1. The third-order valence-corrected chi connectivity index (χ3v) is 6.08. The maximum absolute atomic E-state index is 12.6. The summed E-state index contributed by atoms with van der Waals surface area (Å²) in [5, 5.41) is 4.77. The van der Waals surface area contributed by atoms with Crippen LogP contribution in [0.4, 0.5) is 19.0 Å². The van der Waals surface area contributed by atoms with Gasteiger partial charge in [0.25, 0.3) is 0 Å². The van der Waals surface area contributed by atoms with Gasteiger partial charge in [0.1, 0.15) is 5.60 Å². The number of ether oxygens (including phenoxy) is 2. The van der Waals surface area contributed by atoms with Gasteiger partial charge in [0.05, 0.1) is 17.8 Å². The fraction of sp³-hybridized carbons (Fsp3) is 0.640. The predicted molar refractivity (Wildman–Crippen MR) is 127 cm³/mol. The van der Waals surface area contributed by atoms with Crippen LogP contribution in [0.1, 0.15) is 72.4 Å². The number of nitrogens with zero attached hydrogens (tertiary/aromatic N) is 4. The van der Waals surface area contributed by atoms with E-state index in [1.807, 2.05) is 47.6 Å². The lowest BCUT2D eigenvalue weighted by molar-refractivity contribution is -0.276. The minimum atomic E-state index is -4.79. The van der Waals surface area contributed by atoms with Gasteiger partial charge in [0, 0.05) is 30.9 Å². The van der Waals surface area contributed by atoms with Crippen LogP contribution in [0.3, 0.4) is 0 Å². The second-order valence-electron chi connectivity index (χ2n) is 10.4. The summed E-state index contributed by atoms with van der Waals surface area (Å²) in [5.74, 6) is 0.308. The van der Waals surface area contributed by atoms with Crippen molar-refractivity contribution in [1.29, 1.82) is 0 Å². The van der Waals surface area contributed by atoms with Crippen molar-refractivity contribution < 1.29 is 27.4 Å². The van der Waals surface area contributed by atoms with Gasteiger partial charge in [-0.25, -0.2) is 9.67 Å². The van der Waals surface area contributed by atoms with Gasteiger partial charge < -0.3 is 14.4 Å². The van der Waals surface area contributed by atoms with Crippen molar-refractivity contribution >= 4 is 11.8 Å². The summed E-state index contributed by atoms with van der Waals surface area (Å²) in [4.78, 5) is 18.6. The van der Waals surface area contributed by atoms with E-state index in [1.54, 1.807) is 4.68 Å². The van der Waals surface area contributed by atoms with Crippen molar-refractivity contribution in [2.75, 3.05) is 18.0 Å². The molecule has 3 rings (SSSR count). The summed E-state index contributed by atoms with van der Waals surface area (Å²) < 4.78 is 48.6. The van der Waals surface area contributed by atoms with Gasteiger partial charge in [0.2, 0.25) is 5.88 Å². The van der Waals surface area contributed by atoms with Crippen LogP contribution in [-0.4, -0.2) is 45.8 Å². The summed E-state index contributed by atoms with van der Waals surface area (Å²) in [6.45, 7) is 13.2. The van der Waals surface area contributed by atoms with Crippen molar-refractivity contribution in [2.45, 2.75) is 78.7 Å². The number of carbonyl (C=O) groups is 1. The Morgan fingerprint density at radius 2 is 1.83 bits per heavy atom. The van der Waals surface area contributed by atoms with Crippen molar-refractivity contribution in [3.8, 4) is 11.6 Å². The van der Waals surface area contributed by atoms with Crippen molar-refractivity contribution in [3.05, 3.63) is 30.1 Å². The molecule has 0 N–H and O–H groups in total. The van der Waals surface area contributed by atoms with Crippen LogP contribution in [0.2, 0.25) is 0 Å². The van der Waals surface area contributed by atoms with E-state index in [4.69, 9.17) is 9.84 Å². The van der Waals surface area contributed by atoms with Gasteiger partial charge in [-0.3, -0.25) is 4.79 Å². The van der Waals surface area contributed by atoms with Crippen LogP contribution >= 0.6 is 0 Å². The molecule has 2 unspecified atom stereocenters. The number of hydrogen-bond acceptors (Lipinski definition) is 6. The number of carbonyl (C=O) groups excluding carboxylic acids is 1. The van der Waals surface area contributed by atoms with Crippen molar-refractivity contribution in [2.24, 2.45) is 11.8 Å². The lowest BCUT2D eigenvalue weighted by Gasteiger charge is -2.26. The van der Waals surface area contributed by atoms with E-state index in [-0.39, 0.29) is 23.7 Å². The van der Waals surface area contributed by atoms with Gasteiger partial charge in [-0.2, -0.15) is 0 Å². The normalized spacial score (nSPS) is 18.3. The van der Waals surface area contributed by atoms with Gasteiger partial charge in [-0.05, 0) is 57.9 Å². The number of halogens is 3. The predicted octanol–water partition coefficient (Wildman–Crippen LogP) is 5.87. The third-order valence-electron chi connectivity index (χ3n) is 6.08. The van der Waals surface area contributed by atoms with Crippen LogP contribution in [0, 0.1) is 11.8 Å². The molecule has 2 atom stereocenters. The summed E-state index contributed by atoms with van der Waals surface area (Å²) in [7, 11) is 0. The van der Waals surface area contributed by atoms with Crippen LogP contribution in [0.15, 0.2) is 24.4 Å². The molecule has 1 aliphatic heterocycles. The van der Waals surface area contributed by atoms with E-state index in [2.05, 4.69) is 14.6 Å². The Bertz CT molecular complexity index is 997. The molecular formula is C25H35F3N4O3. The molecule has 0 saturated carbocycles. The average molecular weight is 497 g/mol. The standard InChI is InChI=1S/C25H35F3N4O3/c1-16(2)20-14-21(30-32(20)19-9-10-22(29-15-19)34-25(26,27)28)31-12-7-8-18(11-13-31)17(3)23(33)35-24(4,5)6/h9-10,14-18H,7-8,11-13H2,1-6H3. The molecule has 0 radical (unpaired) electrons. The van der Waals surface area contributed by atoms with Gasteiger partial charge in [-0.1, -0.05) is 20.8 Å². The first-order chi connectivity index (χ1) is 16.2. The molecule has 7 nitrogen and oxygen atoms in total. The molecule has 3 heterocycles. The highest BCUT2D eigenvalue weighted by atomic mass is 19.4. The Hall–Kier alpha value is -2.78. The maximum atomic E-state index is 12.6. The zero-order valence-corrected chi connectivity index (χ0v) is 21.2. The molecule has 1 aliphatic rings. The summed E-state index contributed by atoms with van der Waals surface area (Å²) in [5.41, 5.74) is 0.976. The molecule has 2 aromatic rings. The lowest BCUT2D eigenvalue weighted by atomic mass is 9.87. The Morgan fingerprint density at radius 3 is 2.40 bits per heavy atom. The molecule has 0 amide bonds. The Kier molecular flexibility index (Phi) is 8.01. The largest absolute Gasteiger partial charge is 0.574 e. The molecule has 0 aliphatic carbocycles. The number of anilines is 1. The Balaban J connectivity index is 1.75. The average Bonchev–Trinajstić information content (AvgIpc) is 3.03. The second-order valence-corrected chi connectivity index (χ2v) is 10.4. The second kappa shape index (κ2) is 10.5. The minimum absolute atomic E-state index is 0.134. The summed E-state index contributed by atoms with van der Waals surface area (Å²) >= 11 is 0. The van der Waals surface area contributed by atoms with E-state index in [1.165, 1.54) is 18.3 Å². The quantitative estimate of drug-likeness (QED) is 0.466. The Labute approximate surface area is 204 Å². The van der Waals surface area contributed by atoms with Crippen molar-refractivity contribution in [1.82, 2.24) is 14.8 Å². The third kappa shape index (κ3) is 7.35. The number of rotatable bonds is 6. The first-order valence-corrected chi connectivity index (χ1v) is 12.0. The van der Waals surface area contributed by atoms with Gasteiger partial charge >= 0.3 is 12.3 Å². The molecule has 0 aromatic carbocycles. The SMILES string of the molecule is CC(C)c1cc(N2CCCC(C(C)C(=O)OC(C)(C)C)CC2)nn1-c1ccc(OC(F)(F)F)nc1. The van der Waals surface area contributed by atoms with E-state index >= 15 is 0 Å². The maximum Gasteiger partial charge on any atom is 0.574 e. The van der Waals surface area contributed by atoms with Crippen LogP contribution < -0.4 is 9.64 Å². The molecule has 0 bridgehead atoms. The molecule has 2 aromatic heterocycles. The number of pyridine rings is 1. The lowest BCUT2D eigenvalue weighted by Crippen LogP contribution is -2.31. The first kappa shape index (κ1) is 26.8. The van der Waals surface area contributed by atoms with Crippen molar-refractivity contribution in [3.63, 3.8) is 0 Å². The zero-order chi connectivity index (χ0) is 26.0. The highest BCUT2D eigenvalue weighted by molar-refractivity contribution is 5.72. The summed E-state index contributed by atoms with van der Waals surface area (Å²) in [6, 6.07) is 4.71. The molecule has 194 valence electrons. The molecule has 1 fully saturated rings. The van der Waals surface area contributed by atoms with E-state index < -0.39 is 17.8 Å². The van der Waals surface area contributed by atoms with E-state index in [0.29, 0.717) is 5.69 Å². The fourth-order valence-corrected chi connectivity index (χ4v) is 4.27. The molecule has 0 spiro atoms. The fourth-order valence-electron chi connectivity index (χ4n) is 4.27. The first-order valence-electron chi connectivity index (χ1n) is 12.0. The van der Waals surface area contributed by atoms with Crippen LogP contribution in [0.5, 0.6) is 5.88 Å². The number of aromatic nitrogens is 3. The van der Waals surface area contributed by atoms with E-state index in [9.17, 15) is 18.0 Å². The van der Waals surface area contributed by atoms with Gasteiger partial charge in [0.15, 0.2) is 5.82 Å². The minimum Gasteiger partial charge on any atom is -0.460 e. The van der Waals surface area contributed by atoms with Crippen LogP contribution in [0.25, 0.3) is 5.69 Å².